The second-order valence-corrected chi connectivity index (χ2v) is 6.79. The Morgan fingerprint density at radius 1 is 1.40 bits per heavy atom. The number of aliphatic carboxylic acids is 1. The highest BCUT2D eigenvalue weighted by molar-refractivity contribution is 7.89. The maximum absolute atomic E-state index is 13.6. The van der Waals surface area contributed by atoms with Gasteiger partial charge in [-0.25, -0.2) is 12.8 Å². The maximum atomic E-state index is 13.6. The summed E-state index contributed by atoms with van der Waals surface area (Å²) in [5.74, 6) is -1.63. The molecule has 1 atom stereocenters. The standard InChI is InChI=1S/C13H16FNO4S/c14-11-3-1-2-4-12(11)20(18,19)15-8-7-10(9-15)5-6-13(16)17/h1-4,10H,5-9H2,(H,16,17). The third-order valence-corrected chi connectivity index (χ3v) is 5.37. The van der Waals surface area contributed by atoms with Crippen LogP contribution in [0.3, 0.4) is 0 Å². The predicted molar refractivity (Wildman–Crippen MR) is 70.1 cm³/mol. The van der Waals surface area contributed by atoms with Gasteiger partial charge in [0.2, 0.25) is 10.0 Å². The molecule has 0 aliphatic carbocycles. The number of carboxylic acid groups (broad SMARTS) is 1. The first-order chi connectivity index (χ1) is 9.41. The average molecular weight is 301 g/mol. The van der Waals surface area contributed by atoms with Crippen LogP contribution in [0.2, 0.25) is 0 Å². The van der Waals surface area contributed by atoms with Crippen LogP contribution in [0.1, 0.15) is 19.3 Å². The molecule has 1 heterocycles. The first-order valence-corrected chi connectivity index (χ1v) is 7.81. The second kappa shape index (κ2) is 5.88. The molecule has 1 aromatic rings. The summed E-state index contributed by atoms with van der Waals surface area (Å²) in [5, 5.41) is 8.63. The highest BCUT2D eigenvalue weighted by Gasteiger charge is 2.33. The molecule has 1 aliphatic rings. The molecular formula is C13H16FNO4S. The van der Waals surface area contributed by atoms with Crippen molar-refractivity contribution < 1.29 is 22.7 Å². The van der Waals surface area contributed by atoms with Gasteiger partial charge in [-0.05, 0) is 30.9 Å². The third kappa shape index (κ3) is 3.16. The monoisotopic (exact) mass is 301 g/mol. The van der Waals surface area contributed by atoms with Gasteiger partial charge in [-0.1, -0.05) is 12.1 Å². The Balaban J connectivity index is 2.09. The number of hydrogen-bond acceptors (Lipinski definition) is 3. The minimum Gasteiger partial charge on any atom is -0.481 e. The van der Waals surface area contributed by atoms with E-state index < -0.39 is 21.8 Å². The summed E-state index contributed by atoms with van der Waals surface area (Å²) in [6, 6.07) is 5.28. The lowest BCUT2D eigenvalue weighted by atomic mass is 10.0. The fourth-order valence-electron chi connectivity index (χ4n) is 2.37. The molecule has 0 aromatic heterocycles. The average Bonchev–Trinajstić information content (AvgIpc) is 2.86. The van der Waals surface area contributed by atoms with Crippen LogP contribution < -0.4 is 0 Å². The summed E-state index contributed by atoms with van der Waals surface area (Å²) in [6.07, 6.45) is 1.08. The molecule has 110 valence electrons. The van der Waals surface area contributed by atoms with E-state index in [0.717, 1.165) is 6.07 Å². The van der Waals surface area contributed by atoms with Crippen molar-refractivity contribution >= 4 is 16.0 Å². The predicted octanol–water partition coefficient (Wildman–Crippen LogP) is 1.70. The second-order valence-electron chi connectivity index (χ2n) is 4.88. The van der Waals surface area contributed by atoms with E-state index in [-0.39, 0.29) is 23.8 Å². The summed E-state index contributed by atoms with van der Waals surface area (Å²) >= 11 is 0. The quantitative estimate of drug-likeness (QED) is 0.898. The minimum absolute atomic E-state index is 0.0210. The van der Waals surface area contributed by atoms with Crippen LogP contribution in [0, 0.1) is 11.7 Å². The van der Waals surface area contributed by atoms with E-state index in [2.05, 4.69) is 0 Å². The summed E-state index contributed by atoms with van der Waals surface area (Å²) in [4.78, 5) is 10.2. The topological polar surface area (TPSA) is 74.7 Å². The molecular weight excluding hydrogens is 285 g/mol. The molecule has 1 aromatic carbocycles. The molecule has 1 aliphatic heterocycles. The zero-order chi connectivity index (χ0) is 14.8. The zero-order valence-corrected chi connectivity index (χ0v) is 11.6. The van der Waals surface area contributed by atoms with Gasteiger partial charge in [-0.2, -0.15) is 4.31 Å². The lowest BCUT2D eigenvalue weighted by Gasteiger charge is -2.16. The van der Waals surface area contributed by atoms with E-state index in [0.29, 0.717) is 19.4 Å². The maximum Gasteiger partial charge on any atom is 0.303 e. The third-order valence-electron chi connectivity index (χ3n) is 3.47. The van der Waals surface area contributed by atoms with Crippen molar-refractivity contribution in [2.45, 2.75) is 24.2 Å². The van der Waals surface area contributed by atoms with Gasteiger partial charge in [0.25, 0.3) is 0 Å². The number of benzene rings is 1. The smallest absolute Gasteiger partial charge is 0.303 e. The van der Waals surface area contributed by atoms with Gasteiger partial charge in [0.05, 0.1) is 0 Å². The molecule has 7 heteroatoms. The SMILES string of the molecule is O=C(O)CCC1CCN(S(=O)(=O)c2ccccc2F)C1. The molecule has 0 radical (unpaired) electrons. The Morgan fingerprint density at radius 3 is 2.75 bits per heavy atom. The summed E-state index contributed by atoms with van der Waals surface area (Å²) < 4.78 is 39.5. The first-order valence-electron chi connectivity index (χ1n) is 6.37. The molecule has 20 heavy (non-hydrogen) atoms. The van der Waals surface area contributed by atoms with Gasteiger partial charge in [-0.3, -0.25) is 4.79 Å². The number of rotatable bonds is 5. The fraction of sp³-hybridized carbons (Fsp3) is 0.462. The summed E-state index contributed by atoms with van der Waals surface area (Å²) in [6.45, 7) is 0.560. The van der Waals surface area contributed by atoms with Crippen LogP contribution in [0.25, 0.3) is 0 Å². The van der Waals surface area contributed by atoms with E-state index in [4.69, 9.17) is 5.11 Å². The number of hydrogen-bond donors (Lipinski definition) is 1. The lowest BCUT2D eigenvalue weighted by Crippen LogP contribution is -2.29. The molecule has 5 nitrogen and oxygen atoms in total. The summed E-state index contributed by atoms with van der Waals surface area (Å²) in [7, 11) is -3.83. The van der Waals surface area contributed by atoms with Crippen LogP contribution in [-0.2, 0) is 14.8 Å². The zero-order valence-electron chi connectivity index (χ0n) is 10.8. The van der Waals surface area contributed by atoms with Gasteiger partial charge in [0.1, 0.15) is 10.7 Å². The lowest BCUT2D eigenvalue weighted by molar-refractivity contribution is -0.137. The van der Waals surface area contributed by atoms with Crippen LogP contribution in [-0.4, -0.2) is 36.9 Å². The number of carbonyl (C=O) groups is 1. The van der Waals surface area contributed by atoms with Crippen molar-refractivity contribution in [3.8, 4) is 0 Å². The highest BCUT2D eigenvalue weighted by atomic mass is 32.2. The minimum atomic E-state index is -3.83. The molecule has 0 saturated carbocycles. The summed E-state index contributed by atoms with van der Waals surface area (Å²) in [5.41, 5.74) is 0. The van der Waals surface area contributed by atoms with Crippen LogP contribution >= 0.6 is 0 Å². The number of sulfonamides is 1. The molecule has 1 fully saturated rings. The highest BCUT2D eigenvalue weighted by Crippen LogP contribution is 2.27. The molecule has 1 unspecified atom stereocenters. The van der Waals surface area contributed by atoms with E-state index in [1.165, 1.54) is 22.5 Å². The van der Waals surface area contributed by atoms with Crippen LogP contribution in [0.15, 0.2) is 29.2 Å². The van der Waals surface area contributed by atoms with E-state index in [9.17, 15) is 17.6 Å². The van der Waals surface area contributed by atoms with E-state index in [1.807, 2.05) is 0 Å². The Labute approximate surface area is 117 Å². The van der Waals surface area contributed by atoms with Gasteiger partial charge in [0.15, 0.2) is 0 Å². The van der Waals surface area contributed by atoms with Gasteiger partial charge in [-0.15, -0.1) is 0 Å². The van der Waals surface area contributed by atoms with Gasteiger partial charge in [0, 0.05) is 19.5 Å². The Hall–Kier alpha value is -1.47. The van der Waals surface area contributed by atoms with Crippen molar-refractivity contribution in [3.05, 3.63) is 30.1 Å². The molecule has 2 rings (SSSR count). The first kappa shape index (κ1) is 14.9. The fourth-order valence-corrected chi connectivity index (χ4v) is 3.97. The number of carboxylic acids is 1. The van der Waals surface area contributed by atoms with Crippen molar-refractivity contribution in [1.82, 2.24) is 4.31 Å². The van der Waals surface area contributed by atoms with Gasteiger partial charge >= 0.3 is 5.97 Å². The Bertz CT molecular complexity index is 602. The molecule has 0 spiro atoms. The van der Waals surface area contributed by atoms with E-state index in [1.54, 1.807) is 0 Å². The largest absolute Gasteiger partial charge is 0.481 e. The van der Waals surface area contributed by atoms with Crippen molar-refractivity contribution in [3.63, 3.8) is 0 Å². The van der Waals surface area contributed by atoms with Crippen LogP contribution in [0.5, 0.6) is 0 Å². The molecule has 0 amide bonds. The molecule has 1 saturated heterocycles. The van der Waals surface area contributed by atoms with Crippen molar-refractivity contribution in [2.75, 3.05) is 13.1 Å². The Kier molecular flexibility index (Phi) is 4.39. The molecule has 0 bridgehead atoms. The van der Waals surface area contributed by atoms with Crippen molar-refractivity contribution in [1.29, 1.82) is 0 Å². The van der Waals surface area contributed by atoms with Gasteiger partial charge < -0.3 is 5.11 Å². The number of nitrogens with zero attached hydrogens (tertiary/aromatic N) is 1. The Morgan fingerprint density at radius 2 is 2.10 bits per heavy atom. The van der Waals surface area contributed by atoms with Crippen molar-refractivity contribution in [2.24, 2.45) is 5.92 Å². The number of halogens is 1. The molecule has 1 N–H and O–H groups in total. The van der Waals surface area contributed by atoms with E-state index >= 15 is 0 Å². The normalized spacial score (nSPS) is 20.1. The van der Waals surface area contributed by atoms with Crippen LogP contribution in [0.4, 0.5) is 4.39 Å².